The van der Waals surface area contributed by atoms with Crippen molar-refractivity contribution in [3.63, 3.8) is 0 Å². The van der Waals surface area contributed by atoms with Gasteiger partial charge in [0, 0.05) is 24.0 Å². The van der Waals surface area contributed by atoms with Crippen LogP contribution < -0.4 is 5.32 Å². The van der Waals surface area contributed by atoms with Crippen molar-refractivity contribution in [1.29, 1.82) is 0 Å². The number of aromatic nitrogens is 1. The molecule has 1 N–H and O–H groups in total. The second-order valence-corrected chi connectivity index (χ2v) is 5.86. The molecule has 112 valence electrons. The quantitative estimate of drug-likeness (QED) is 0.907. The lowest BCUT2D eigenvalue weighted by Crippen LogP contribution is -2.23. The predicted molar refractivity (Wildman–Crippen MR) is 86.6 cm³/mol. The number of amides is 1. The molecule has 0 atom stereocenters. The molecule has 2 rings (SSSR count). The Bertz CT molecular complexity index is 653. The summed E-state index contributed by atoms with van der Waals surface area (Å²) in [5, 5.41) is 3.02. The Kier molecular flexibility index (Phi) is 4.51. The fourth-order valence-electron chi connectivity index (χ4n) is 2.88. The Balaban J connectivity index is 2.15. The number of carbonyl (C=O) groups excluding carboxylic acids is 1. The van der Waals surface area contributed by atoms with Gasteiger partial charge in [0.05, 0.1) is 5.56 Å². The third-order valence-electron chi connectivity index (χ3n) is 3.95. The van der Waals surface area contributed by atoms with Gasteiger partial charge in [-0.05, 0) is 51.8 Å². The zero-order chi connectivity index (χ0) is 15.6. The topological polar surface area (TPSA) is 34.0 Å². The first-order valence-corrected chi connectivity index (χ1v) is 7.43. The van der Waals surface area contributed by atoms with Gasteiger partial charge in [-0.1, -0.05) is 24.3 Å². The summed E-state index contributed by atoms with van der Waals surface area (Å²) in [5.41, 5.74) is 5.29. The van der Waals surface area contributed by atoms with Crippen LogP contribution in [0.2, 0.25) is 0 Å². The summed E-state index contributed by atoms with van der Waals surface area (Å²) in [6.45, 7) is 11.0. The molecule has 1 aromatic carbocycles. The Labute approximate surface area is 127 Å². The minimum atomic E-state index is -0.00162. The average molecular weight is 284 g/mol. The van der Waals surface area contributed by atoms with Crippen LogP contribution in [0.25, 0.3) is 0 Å². The van der Waals surface area contributed by atoms with Crippen molar-refractivity contribution >= 4 is 5.91 Å². The molecule has 0 fully saturated rings. The highest BCUT2D eigenvalue weighted by molar-refractivity contribution is 5.95. The maximum absolute atomic E-state index is 12.4. The van der Waals surface area contributed by atoms with Crippen molar-refractivity contribution in [2.45, 2.75) is 47.2 Å². The van der Waals surface area contributed by atoms with Gasteiger partial charge >= 0.3 is 0 Å². The van der Waals surface area contributed by atoms with E-state index in [2.05, 4.69) is 36.7 Å². The zero-order valence-electron chi connectivity index (χ0n) is 13.5. The molecule has 1 heterocycles. The second-order valence-electron chi connectivity index (χ2n) is 5.86. The number of benzene rings is 1. The number of aryl methyl sites for hydroxylation is 2. The van der Waals surface area contributed by atoms with Crippen LogP contribution in [0.1, 0.15) is 52.8 Å². The number of nitrogens with one attached hydrogen (secondary N) is 1. The maximum Gasteiger partial charge on any atom is 0.253 e. The van der Waals surface area contributed by atoms with Crippen LogP contribution in [0.3, 0.4) is 0 Å². The molecule has 0 radical (unpaired) electrons. The molecule has 21 heavy (non-hydrogen) atoms. The molecule has 0 aliphatic heterocycles. The summed E-state index contributed by atoms with van der Waals surface area (Å²) in [7, 11) is 0. The van der Waals surface area contributed by atoms with E-state index in [1.54, 1.807) is 0 Å². The van der Waals surface area contributed by atoms with Crippen molar-refractivity contribution in [3.8, 4) is 0 Å². The van der Waals surface area contributed by atoms with Gasteiger partial charge < -0.3 is 9.88 Å². The van der Waals surface area contributed by atoms with Crippen LogP contribution in [0.5, 0.6) is 0 Å². The molecular weight excluding hydrogens is 260 g/mol. The molecule has 0 aliphatic rings. The molecule has 0 spiro atoms. The molecule has 0 saturated heterocycles. The van der Waals surface area contributed by atoms with Gasteiger partial charge in [-0.2, -0.15) is 0 Å². The van der Waals surface area contributed by atoms with Crippen molar-refractivity contribution < 1.29 is 4.79 Å². The lowest BCUT2D eigenvalue weighted by Gasteiger charge is -2.13. The Morgan fingerprint density at radius 2 is 1.86 bits per heavy atom. The number of carbonyl (C=O) groups is 1. The lowest BCUT2D eigenvalue weighted by molar-refractivity contribution is 0.0950. The molecule has 3 nitrogen and oxygen atoms in total. The summed E-state index contributed by atoms with van der Waals surface area (Å²) >= 11 is 0. The highest BCUT2D eigenvalue weighted by Crippen LogP contribution is 2.20. The standard InChI is InChI=1S/C18H24N2O/c1-12(2)20-14(4)10-17(15(20)5)18(21)19-11-16-9-7-6-8-13(16)3/h6-10,12H,11H2,1-5H3,(H,19,21). The molecule has 1 amide bonds. The first-order valence-electron chi connectivity index (χ1n) is 7.43. The summed E-state index contributed by atoms with van der Waals surface area (Å²) < 4.78 is 2.20. The minimum Gasteiger partial charge on any atom is -0.348 e. The summed E-state index contributed by atoms with van der Waals surface area (Å²) in [5.74, 6) is -0.00162. The Morgan fingerprint density at radius 1 is 1.19 bits per heavy atom. The van der Waals surface area contributed by atoms with Gasteiger partial charge in [-0.15, -0.1) is 0 Å². The van der Waals surface area contributed by atoms with Crippen molar-refractivity contribution in [1.82, 2.24) is 9.88 Å². The molecule has 0 unspecified atom stereocenters. The number of hydrogen-bond acceptors (Lipinski definition) is 1. The fraction of sp³-hybridized carbons (Fsp3) is 0.389. The van der Waals surface area contributed by atoms with Crippen LogP contribution in [-0.4, -0.2) is 10.5 Å². The summed E-state index contributed by atoms with van der Waals surface area (Å²) in [4.78, 5) is 12.4. The van der Waals surface area contributed by atoms with Crippen LogP contribution >= 0.6 is 0 Å². The monoisotopic (exact) mass is 284 g/mol. The van der Waals surface area contributed by atoms with Crippen LogP contribution in [-0.2, 0) is 6.54 Å². The molecule has 0 aliphatic carbocycles. The Morgan fingerprint density at radius 3 is 2.43 bits per heavy atom. The highest BCUT2D eigenvalue weighted by Gasteiger charge is 2.16. The average Bonchev–Trinajstić information content (AvgIpc) is 2.73. The fourth-order valence-corrected chi connectivity index (χ4v) is 2.88. The molecule has 0 saturated carbocycles. The Hall–Kier alpha value is -2.03. The van der Waals surface area contributed by atoms with Gasteiger partial charge in [0.1, 0.15) is 0 Å². The van der Waals surface area contributed by atoms with E-state index in [0.717, 1.165) is 22.5 Å². The van der Waals surface area contributed by atoms with Crippen LogP contribution in [0, 0.1) is 20.8 Å². The predicted octanol–water partition coefficient (Wildman–Crippen LogP) is 3.92. The molecule has 3 heteroatoms. The molecule has 1 aromatic heterocycles. The zero-order valence-corrected chi connectivity index (χ0v) is 13.5. The first kappa shape index (κ1) is 15.4. The first-order chi connectivity index (χ1) is 9.91. The molecule has 0 bridgehead atoms. The number of nitrogens with zero attached hydrogens (tertiary/aromatic N) is 1. The third-order valence-corrected chi connectivity index (χ3v) is 3.95. The van der Waals surface area contributed by atoms with E-state index in [1.165, 1.54) is 5.56 Å². The maximum atomic E-state index is 12.4. The third kappa shape index (κ3) is 3.18. The van der Waals surface area contributed by atoms with Gasteiger partial charge in [-0.25, -0.2) is 0 Å². The van der Waals surface area contributed by atoms with Gasteiger partial charge in [-0.3, -0.25) is 4.79 Å². The van der Waals surface area contributed by atoms with Crippen LogP contribution in [0.15, 0.2) is 30.3 Å². The van der Waals surface area contributed by atoms with Crippen LogP contribution in [0.4, 0.5) is 0 Å². The van der Waals surface area contributed by atoms with E-state index in [-0.39, 0.29) is 5.91 Å². The smallest absolute Gasteiger partial charge is 0.253 e. The summed E-state index contributed by atoms with van der Waals surface area (Å²) in [6, 6.07) is 10.5. The normalized spacial score (nSPS) is 11.0. The lowest BCUT2D eigenvalue weighted by atomic mass is 10.1. The number of hydrogen-bond donors (Lipinski definition) is 1. The van der Waals surface area contributed by atoms with Crippen molar-refractivity contribution in [3.05, 3.63) is 58.4 Å². The SMILES string of the molecule is Cc1ccccc1CNC(=O)c1cc(C)n(C(C)C)c1C. The number of rotatable bonds is 4. The second kappa shape index (κ2) is 6.17. The van der Waals surface area contributed by atoms with Crippen molar-refractivity contribution in [2.75, 3.05) is 0 Å². The van der Waals surface area contributed by atoms with E-state index in [9.17, 15) is 4.79 Å². The summed E-state index contributed by atoms with van der Waals surface area (Å²) in [6.07, 6.45) is 0. The van der Waals surface area contributed by atoms with E-state index >= 15 is 0 Å². The van der Waals surface area contributed by atoms with Crippen molar-refractivity contribution in [2.24, 2.45) is 0 Å². The molecular formula is C18H24N2O. The highest BCUT2D eigenvalue weighted by atomic mass is 16.1. The van der Waals surface area contributed by atoms with E-state index in [0.29, 0.717) is 12.6 Å². The molecule has 2 aromatic rings. The van der Waals surface area contributed by atoms with E-state index in [4.69, 9.17) is 0 Å². The van der Waals surface area contributed by atoms with E-state index < -0.39 is 0 Å². The largest absolute Gasteiger partial charge is 0.348 e. The van der Waals surface area contributed by atoms with Gasteiger partial charge in [0.25, 0.3) is 5.91 Å². The minimum absolute atomic E-state index is 0.00162. The van der Waals surface area contributed by atoms with Gasteiger partial charge in [0.15, 0.2) is 0 Å². The van der Waals surface area contributed by atoms with E-state index in [1.807, 2.05) is 38.1 Å². The van der Waals surface area contributed by atoms with Gasteiger partial charge in [0.2, 0.25) is 0 Å².